The summed E-state index contributed by atoms with van der Waals surface area (Å²) in [6, 6.07) is 108. The molecule has 0 unspecified atom stereocenters. The van der Waals surface area contributed by atoms with Crippen molar-refractivity contribution in [3.05, 3.63) is 303 Å². The maximum atomic E-state index is 5.22. The fourth-order valence-corrected chi connectivity index (χ4v) is 13.8. The predicted molar refractivity (Wildman–Crippen MR) is 363 cm³/mol. The minimum Gasteiger partial charge on any atom is -0.309 e. The molecule has 7 aromatic heterocycles. The van der Waals surface area contributed by atoms with Crippen LogP contribution in [0.1, 0.15) is 0 Å². The first-order chi connectivity index (χ1) is 43.1. The number of nitrogens with zero attached hydrogens (tertiary/aromatic N) is 6. The molecule has 0 aliphatic carbocycles. The zero-order valence-electron chi connectivity index (χ0n) is 47.0. The van der Waals surface area contributed by atoms with Gasteiger partial charge in [-0.05, 0) is 133 Å². The second-order valence-electron chi connectivity index (χ2n) is 22.2. The van der Waals surface area contributed by atoms with E-state index >= 15 is 0 Å². The Kier molecular flexibility index (Phi) is 12.0. The molecule has 87 heavy (non-hydrogen) atoms. The molecule has 7 heterocycles. The molecule has 0 aliphatic rings. The zero-order valence-corrected chi connectivity index (χ0v) is 47.8. The van der Waals surface area contributed by atoms with Crippen LogP contribution < -0.4 is 0 Å². The van der Waals surface area contributed by atoms with Crippen molar-refractivity contribution in [1.29, 1.82) is 0 Å². The van der Waals surface area contributed by atoms with Crippen molar-refractivity contribution in [2.45, 2.75) is 0 Å². The lowest BCUT2D eigenvalue weighted by Crippen LogP contribution is -1.95. The molecule has 0 aliphatic heterocycles. The molecule has 0 amide bonds. The molecule has 0 bridgehead atoms. The summed E-state index contributed by atoms with van der Waals surface area (Å²) in [5.74, 6) is 0. The van der Waals surface area contributed by atoms with Gasteiger partial charge in [0, 0.05) is 97.6 Å². The van der Waals surface area contributed by atoms with E-state index in [4.69, 9.17) is 19.9 Å². The van der Waals surface area contributed by atoms with Crippen LogP contribution in [0.25, 0.3) is 165 Å². The molecule has 6 nitrogen and oxygen atoms in total. The van der Waals surface area contributed by atoms with Gasteiger partial charge in [0.15, 0.2) is 0 Å². The first-order valence-corrected chi connectivity index (χ1v) is 30.2. The summed E-state index contributed by atoms with van der Waals surface area (Å²) < 4.78 is 7.33. The van der Waals surface area contributed by atoms with Crippen molar-refractivity contribution in [2.24, 2.45) is 0 Å². The van der Waals surface area contributed by atoms with Crippen LogP contribution in [0.3, 0.4) is 0 Å². The van der Waals surface area contributed by atoms with Crippen LogP contribution in [-0.4, -0.2) is 29.1 Å². The average Bonchev–Trinajstić information content (AvgIpc) is 1.71. The molecule has 7 heteroatoms. The van der Waals surface area contributed by atoms with Crippen LogP contribution in [0.5, 0.6) is 0 Å². The van der Waals surface area contributed by atoms with Gasteiger partial charge in [0.05, 0.1) is 67.6 Å². The van der Waals surface area contributed by atoms with Gasteiger partial charge in [0.25, 0.3) is 0 Å². The minimum absolute atomic E-state index is 0.926. The van der Waals surface area contributed by atoms with Crippen LogP contribution in [-0.2, 0) is 0 Å². The third-order valence-electron chi connectivity index (χ3n) is 16.9. The summed E-state index contributed by atoms with van der Waals surface area (Å²) in [6.45, 7) is 0. The van der Waals surface area contributed by atoms with Gasteiger partial charge in [0.1, 0.15) is 0 Å². The van der Waals surface area contributed by atoms with E-state index in [2.05, 4.69) is 288 Å². The second-order valence-corrected chi connectivity index (χ2v) is 23.2. The highest BCUT2D eigenvalue weighted by Crippen LogP contribution is 2.43. The molecule has 17 aromatic rings. The Hall–Kier alpha value is -11.4. The standard InChI is InChI=1S/C80H50N6S/c1-5-17-51(18-6-1)67-25-13-29-71(81-67)55-33-39-75-61(45-55)62-46-56(72-30-14-26-68(82-72)52-19-7-2-8-20-52)34-40-76(62)85(75)59-37-43-79-65(49-59)66-50-60(38-44-80(66)87-79)86-77-41-35-57(73-31-15-27-69(83-73)53-21-9-3-10-22-53)47-63(77)64-48-58(36-42-78(64)86)74-32-16-28-70(84-74)54-23-11-4-12-24-54/h1-50H. The lowest BCUT2D eigenvalue weighted by atomic mass is 10.0. The number of pyridine rings is 4. The highest BCUT2D eigenvalue weighted by molar-refractivity contribution is 7.25. The van der Waals surface area contributed by atoms with E-state index in [1.165, 1.54) is 20.2 Å². The van der Waals surface area contributed by atoms with Gasteiger partial charge in [-0.25, -0.2) is 19.9 Å². The third-order valence-corrected chi connectivity index (χ3v) is 18.1. The SMILES string of the molecule is c1ccc(-c2cccc(-c3ccc4c(c3)c3cc(-c5cccc(-c6ccccc6)n5)ccc3n4-c3ccc4sc5ccc(-n6c7ccc(-c8cccc(-c9ccccc9)n8)cc7c7cc(-c8cccc(-c9ccccc9)n8)ccc76)cc5c4c3)n2)cc1. The number of fused-ring (bicyclic) bond motifs is 9. The fourth-order valence-electron chi connectivity index (χ4n) is 12.7. The lowest BCUT2D eigenvalue weighted by molar-refractivity contribution is 1.18. The zero-order chi connectivity index (χ0) is 57.4. The molecule has 0 radical (unpaired) electrons. The van der Waals surface area contributed by atoms with Crippen LogP contribution in [0.15, 0.2) is 303 Å². The summed E-state index contributed by atoms with van der Waals surface area (Å²) >= 11 is 1.84. The molecule has 17 rings (SSSR count). The molecular formula is C80H50N6S. The number of thiophene rings is 1. The van der Waals surface area contributed by atoms with Gasteiger partial charge in [-0.15, -0.1) is 11.3 Å². The lowest BCUT2D eigenvalue weighted by Gasteiger charge is -2.11. The summed E-state index contributed by atoms with van der Waals surface area (Å²) in [6.07, 6.45) is 0. The second kappa shape index (κ2) is 20.7. The third kappa shape index (κ3) is 8.87. The van der Waals surface area contributed by atoms with Gasteiger partial charge in [-0.2, -0.15) is 0 Å². The topological polar surface area (TPSA) is 61.4 Å². The molecular weight excluding hydrogens is 1080 g/mol. The number of rotatable bonds is 10. The van der Waals surface area contributed by atoms with E-state index in [1.54, 1.807) is 0 Å². The highest BCUT2D eigenvalue weighted by Gasteiger charge is 2.21. The molecule has 0 saturated heterocycles. The van der Waals surface area contributed by atoms with Gasteiger partial charge in [-0.3, -0.25) is 0 Å². The number of hydrogen-bond donors (Lipinski definition) is 0. The molecule has 0 N–H and O–H groups in total. The Morgan fingerprint density at radius 3 is 0.713 bits per heavy atom. The first-order valence-electron chi connectivity index (χ1n) is 29.3. The molecule has 0 spiro atoms. The smallest absolute Gasteiger partial charge is 0.0709 e. The largest absolute Gasteiger partial charge is 0.309 e. The van der Waals surface area contributed by atoms with Crippen molar-refractivity contribution in [3.8, 4) is 101 Å². The van der Waals surface area contributed by atoms with Crippen LogP contribution in [0.4, 0.5) is 0 Å². The summed E-state index contributed by atoms with van der Waals surface area (Å²) in [5.41, 5.74) is 22.7. The molecule has 10 aromatic carbocycles. The van der Waals surface area contributed by atoms with Gasteiger partial charge in [-0.1, -0.05) is 170 Å². The first kappa shape index (κ1) is 50.2. The number of benzene rings is 10. The Morgan fingerprint density at radius 1 is 0.195 bits per heavy atom. The van der Waals surface area contributed by atoms with Crippen molar-refractivity contribution < 1.29 is 0 Å². The van der Waals surface area contributed by atoms with E-state index in [0.717, 1.165) is 145 Å². The average molecular weight is 1130 g/mol. The van der Waals surface area contributed by atoms with Gasteiger partial charge in [0.2, 0.25) is 0 Å². The minimum atomic E-state index is 0.926. The van der Waals surface area contributed by atoms with Crippen LogP contribution in [0.2, 0.25) is 0 Å². The fraction of sp³-hybridized carbons (Fsp3) is 0. The van der Waals surface area contributed by atoms with Crippen LogP contribution >= 0.6 is 11.3 Å². The van der Waals surface area contributed by atoms with E-state index < -0.39 is 0 Å². The Morgan fingerprint density at radius 2 is 0.448 bits per heavy atom. The maximum Gasteiger partial charge on any atom is 0.0709 e. The van der Waals surface area contributed by atoms with E-state index in [0.29, 0.717) is 0 Å². The van der Waals surface area contributed by atoms with Gasteiger partial charge >= 0.3 is 0 Å². The van der Waals surface area contributed by atoms with E-state index in [1.807, 2.05) is 35.6 Å². The quantitative estimate of drug-likeness (QED) is 0.137. The Balaban J connectivity index is 0.821. The maximum absolute atomic E-state index is 5.22. The normalized spacial score (nSPS) is 11.7. The van der Waals surface area contributed by atoms with Crippen molar-refractivity contribution in [3.63, 3.8) is 0 Å². The number of hydrogen-bond acceptors (Lipinski definition) is 5. The van der Waals surface area contributed by atoms with Crippen molar-refractivity contribution in [2.75, 3.05) is 0 Å². The summed E-state index contributed by atoms with van der Waals surface area (Å²) in [4.78, 5) is 20.9. The monoisotopic (exact) mass is 1130 g/mol. The van der Waals surface area contributed by atoms with Crippen molar-refractivity contribution in [1.82, 2.24) is 29.1 Å². The molecule has 406 valence electrons. The van der Waals surface area contributed by atoms with E-state index in [9.17, 15) is 0 Å². The predicted octanol–water partition coefficient (Wildman–Crippen LogP) is 21.2. The molecule has 0 fully saturated rings. The van der Waals surface area contributed by atoms with Crippen molar-refractivity contribution >= 4 is 75.1 Å². The summed E-state index contributed by atoms with van der Waals surface area (Å²) in [5, 5.41) is 6.99. The van der Waals surface area contributed by atoms with E-state index in [-0.39, 0.29) is 0 Å². The number of aromatic nitrogens is 6. The summed E-state index contributed by atoms with van der Waals surface area (Å²) in [7, 11) is 0. The highest BCUT2D eigenvalue weighted by atomic mass is 32.1. The van der Waals surface area contributed by atoms with Crippen LogP contribution in [0, 0.1) is 0 Å². The Bertz CT molecular complexity index is 4890. The molecule has 0 saturated carbocycles. The Labute approximate surface area is 505 Å². The van der Waals surface area contributed by atoms with Gasteiger partial charge < -0.3 is 9.13 Å². The molecule has 0 atom stereocenters.